The smallest absolute Gasteiger partial charge is 0.0701 e. The zero-order valence-corrected chi connectivity index (χ0v) is 12.7. The lowest BCUT2D eigenvalue weighted by atomic mass is 10.6. The molecule has 0 aliphatic heterocycles. The number of hydrogen-bond acceptors (Lipinski definition) is 6. The molecule has 0 aliphatic carbocycles. The third kappa shape index (κ3) is 16.1. The lowest BCUT2D eigenvalue weighted by Crippen LogP contribution is -2.18. The maximum Gasteiger partial charge on any atom is 0.0701 e. The highest BCUT2D eigenvalue weighted by Crippen LogP contribution is 2.01. The van der Waals surface area contributed by atoms with E-state index in [0.29, 0.717) is 31.7 Å². The molecule has 0 spiro atoms. The molecule has 0 aromatic rings. The molecule has 0 heterocycles. The Balaban J connectivity index is 2.90. The predicted octanol–water partition coefficient (Wildman–Crippen LogP) is 0.902. The molecule has 0 bridgehead atoms. The molecule has 110 valence electrons. The minimum atomic E-state index is 0.608. The van der Waals surface area contributed by atoms with Crippen molar-refractivity contribution in [2.24, 2.45) is 0 Å². The van der Waals surface area contributed by atoms with Crippen LogP contribution in [0.15, 0.2) is 0 Å². The normalized spacial score (nSPS) is 11.3. The average Bonchev–Trinajstić information content (AvgIpc) is 2.34. The minimum Gasteiger partial charge on any atom is -0.378 e. The van der Waals surface area contributed by atoms with Gasteiger partial charge < -0.3 is 19.5 Å². The first-order chi connectivity index (χ1) is 8.77. The van der Waals surface area contributed by atoms with Crippen molar-refractivity contribution >= 4 is 11.9 Å². The molecule has 2 N–H and O–H groups in total. The maximum atomic E-state index is 5.41. The molecular weight excluding hydrogens is 252 g/mol. The van der Waals surface area contributed by atoms with Crippen molar-refractivity contribution in [3.05, 3.63) is 0 Å². The van der Waals surface area contributed by atoms with Crippen LogP contribution in [0.25, 0.3) is 0 Å². The van der Waals surface area contributed by atoms with Gasteiger partial charge in [0.2, 0.25) is 0 Å². The zero-order valence-electron chi connectivity index (χ0n) is 11.9. The van der Waals surface area contributed by atoms with Crippen molar-refractivity contribution in [3.8, 4) is 0 Å². The summed E-state index contributed by atoms with van der Waals surface area (Å²) >= 11 is 1.73. The third-order valence-electron chi connectivity index (χ3n) is 1.91. The van der Waals surface area contributed by atoms with E-state index in [4.69, 9.17) is 14.2 Å². The molecule has 0 aliphatic rings. The Morgan fingerprint density at radius 2 is 1.33 bits per heavy atom. The van der Waals surface area contributed by atoms with Crippen LogP contribution >= 0.6 is 11.9 Å². The van der Waals surface area contributed by atoms with Crippen LogP contribution in [-0.4, -0.2) is 65.0 Å². The van der Waals surface area contributed by atoms with Gasteiger partial charge in [-0.2, -0.15) is 0 Å². The van der Waals surface area contributed by atoms with Gasteiger partial charge in [0.25, 0.3) is 0 Å². The van der Waals surface area contributed by atoms with Crippen molar-refractivity contribution < 1.29 is 14.2 Å². The van der Waals surface area contributed by atoms with Gasteiger partial charge in [-0.1, -0.05) is 25.8 Å². The van der Waals surface area contributed by atoms with E-state index in [2.05, 4.69) is 23.9 Å². The lowest BCUT2D eigenvalue weighted by molar-refractivity contribution is 0.0165. The van der Waals surface area contributed by atoms with Crippen LogP contribution < -0.4 is 10.0 Å². The quantitative estimate of drug-likeness (QED) is 0.364. The van der Waals surface area contributed by atoms with Crippen molar-refractivity contribution in [1.29, 1.82) is 0 Å². The highest BCUT2D eigenvalue weighted by molar-refractivity contribution is 7.97. The number of nitrogens with one attached hydrogen (secondary N) is 2. The molecule has 0 saturated heterocycles. The standard InChI is InChI=1S/C12H28N2O3S/c1-12(2)18-14-5-7-16-9-11-17-10-8-15-6-4-13-3/h12-14H,4-11H2,1-3H3. The molecular formula is C12H28N2O3S. The van der Waals surface area contributed by atoms with Crippen LogP contribution in [0.4, 0.5) is 0 Å². The van der Waals surface area contributed by atoms with Crippen LogP contribution in [0.5, 0.6) is 0 Å². The summed E-state index contributed by atoms with van der Waals surface area (Å²) in [6, 6.07) is 0. The fraction of sp³-hybridized carbons (Fsp3) is 1.00. The van der Waals surface area contributed by atoms with E-state index in [1.807, 2.05) is 7.05 Å². The summed E-state index contributed by atoms with van der Waals surface area (Å²) in [7, 11) is 1.91. The van der Waals surface area contributed by atoms with Crippen LogP contribution in [-0.2, 0) is 14.2 Å². The Kier molecular flexibility index (Phi) is 15.3. The fourth-order valence-corrected chi connectivity index (χ4v) is 1.59. The van der Waals surface area contributed by atoms with E-state index in [9.17, 15) is 0 Å². The Hall–Kier alpha value is 0.150. The summed E-state index contributed by atoms with van der Waals surface area (Å²) in [5, 5.41) is 3.62. The second-order valence-electron chi connectivity index (χ2n) is 4.00. The summed E-state index contributed by atoms with van der Waals surface area (Å²) in [5.41, 5.74) is 0. The largest absolute Gasteiger partial charge is 0.378 e. The maximum absolute atomic E-state index is 5.41. The second-order valence-corrected chi connectivity index (χ2v) is 5.47. The Labute approximate surface area is 115 Å². The van der Waals surface area contributed by atoms with E-state index in [1.165, 1.54) is 0 Å². The Morgan fingerprint density at radius 3 is 1.83 bits per heavy atom. The molecule has 0 aromatic heterocycles. The summed E-state index contributed by atoms with van der Waals surface area (Å²) in [5.74, 6) is 0. The van der Waals surface area contributed by atoms with Crippen LogP contribution in [0.3, 0.4) is 0 Å². The zero-order chi connectivity index (χ0) is 13.5. The molecule has 0 radical (unpaired) electrons. The molecule has 0 fully saturated rings. The summed E-state index contributed by atoms with van der Waals surface area (Å²) in [4.78, 5) is 0. The Morgan fingerprint density at radius 1 is 0.833 bits per heavy atom. The predicted molar refractivity (Wildman–Crippen MR) is 77.1 cm³/mol. The topological polar surface area (TPSA) is 51.8 Å². The van der Waals surface area contributed by atoms with Crippen molar-refractivity contribution in [3.63, 3.8) is 0 Å². The van der Waals surface area contributed by atoms with Crippen LogP contribution in [0, 0.1) is 0 Å². The number of ether oxygens (including phenoxy) is 3. The Bertz CT molecular complexity index is 162. The molecule has 18 heavy (non-hydrogen) atoms. The van der Waals surface area contributed by atoms with Gasteiger partial charge in [-0.05, 0) is 7.05 Å². The van der Waals surface area contributed by atoms with Crippen LogP contribution in [0.1, 0.15) is 13.8 Å². The minimum absolute atomic E-state index is 0.608. The van der Waals surface area contributed by atoms with E-state index < -0.39 is 0 Å². The molecule has 0 atom stereocenters. The van der Waals surface area contributed by atoms with Crippen LogP contribution in [0.2, 0.25) is 0 Å². The molecule has 0 aromatic carbocycles. The SMILES string of the molecule is CNCCOCCOCCOCCNSC(C)C. The number of rotatable bonds is 14. The fourth-order valence-electron chi connectivity index (χ4n) is 1.06. The van der Waals surface area contributed by atoms with Gasteiger partial charge in [0.05, 0.1) is 39.6 Å². The summed E-state index contributed by atoms with van der Waals surface area (Å²) in [6.07, 6.45) is 0. The summed E-state index contributed by atoms with van der Waals surface area (Å²) < 4.78 is 19.3. The molecule has 5 nitrogen and oxygen atoms in total. The van der Waals surface area contributed by atoms with Gasteiger partial charge >= 0.3 is 0 Å². The summed E-state index contributed by atoms with van der Waals surface area (Å²) in [6.45, 7) is 10.1. The van der Waals surface area contributed by atoms with E-state index in [1.54, 1.807) is 11.9 Å². The number of hydrogen-bond donors (Lipinski definition) is 2. The van der Waals surface area contributed by atoms with Gasteiger partial charge in [-0.25, -0.2) is 0 Å². The third-order valence-corrected chi connectivity index (χ3v) is 2.75. The first kappa shape index (κ1) is 18.1. The van der Waals surface area contributed by atoms with E-state index >= 15 is 0 Å². The number of likely N-dealkylation sites (N-methyl/N-ethyl adjacent to an activating group) is 1. The monoisotopic (exact) mass is 280 g/mol. The molecule has 0 amide bonds. The average molecular weight is 280 g/mol. The highest BCUT2D eigenvalue weighted by Gasteiger charge is 1.94. The lowest BCUT2D eigenvalue weighted by Gasteiger charge is -2.08. The van der Waals surface area contributed by atoms with Gasteiger partial charge in [0.1, 0.15) is 0 Å². The molecule has 6 heteroatoms. The van der Waals surface area contributed by atoms with Crippen molar-refractivity contribution in [2.75, 3.05) is 59.8 Å². The van der Waals surface area contributed by atoms with E-state index in [-0.39, 0.29) is 0 Å². The van der Waals surface area contributed by atoms with E-state index in [0.717, 1.165) is 26.3 Å². The first-order valence-electron chi connectivity index (χ1n) is 6.53. The molecule has 0 rings (SSSR count). The molecule has 0 saturated carbocycles. The van der Waals surface area contributed by atoms with Gasteiger partial charge in [0, 0.05) is 18.3 Å². The molecule has 0 unspecified atom stereocenters. The second kappa shape index (κ2) is 15.2. The highest BCUT2D eigenvalue weighted by atomic mass is 32.2. The van der Waals surface area contributed by atoms with Crippen molar-refractivity contribution in [1.82, 2.24) is 10.0 Å². The van der Waals surface area contributed by atoms with Crippen molar-refractivity contribution in [2.45, 2.75) is 19.1 Å². The van der Waals surface area contributed by atoms with Gasteiger partial charge in [-0.15, -0.1) is 0 Å². The first-order valence-corrected chi connectivity index (χ1v) is 7.41. The van der Waals surface area contributed by atoms with Gasteiger partial charge in [0.15, 0.2) is 0 Å². The van der Waals surface area contributed by atoms with Gasteiger partial charge in [-0.3, -0.25) is 4.72 Å².